The summed E-state index contributed by atoms with van der Waals surface area (Å²) >= 11 is 0. The number of rotatable bonds is 3. The maximum Gasteiger partial charge on any atom is 0.277 e. The Morgan fingerprint density at radius 3 is 2.80 bits per heavy atom. The summed E-state index contributed by atoms with van der Waals surface area (Å²) in [7, 11) is 0. The zero-order chi connectivity index (χ0) is 17.2. The zero-order valence-corrected chi connectivity index (χ0v) is 12.9. The number of carbonyl (C=O) groups excluding carboxylic acids is 1. The minimum atomic E-state index is -0.445. The number of para-hydroxylation sites is 1. The van der Waals surface area contributed by atoms with Gasteiger partial charge < -0.3 is 5.32 Å². The fourth-order valence-electron chi connectivity index (χ4n) is 2.43. The van der Waals surface area contributed by atoms with E-state index in [-0.39, 0.29) is 11.3 Å². The maximum absolute atomic E-state index is 12.6. The second-order valence-corrected chi connectivity index (χ2v) is 5.17. The first kappa shape index (κ1) is 14.6. The third-order valence-corrected chi connectivity index (χ3v) is 3.59. The van der Waals surface area contributed by atoms with Gasteiger partial charge in [-0.15, -0.1) is 0 Å². The van der Waals surface area contributed by atoms with Crippen LogP contribution >= 0.6 is 0 Å². The van der Waals surface area contributed by atoms with Crippen molar-refractivity contribution in [3.8, 4) is 11.8 Å². The quantitative estimate of drug-likeness (QED) is 0.620. The van der Waals surface area contributed by atoms with Gasteiger partial charge in [-0.1, -0.05) is 18.2 Å². The minimum absolute atomic E-state index is 0.198. The van der Waals surface area contributed by atoms with E-state index in [0.29, 0.717) is 11.5 Å². The van der Waals surface area contributed by atoms with Crippen LogP contribution < -0.4 is 5.32 Å². The SMILES string of the molecule is N#Cc1cnn(-c2ccccc2)c1NC(=O)c1cc2ncccn2n1. The molecular formula is C17H11N7O. The van der Waals surface area contributed by atoms with Gasteiger partial charge in [-0.05, 0) is 18.2 Å². The molecule has 120 valence electrons. The highest BCUT2D eigenvalue weighted by molar-refractivity contribution is 6.03. The van der Waals surface area contributed by atoms with Crippen LogP contribution in [0.2, 0.25) is 0 Å². The standard InChI is InChI=1S/C17H11N7O/c18-10-12-11-20-24(13-5-2-1-3-6-13)16(12)21-17(25)14-9-15-19-7-4-8-23(15)22-14/h1-9,11H,(H,21,25). The molecule has 8 heteroatoms. The summed E-state index contributed by atoms with van der Waals surface area (Å²) in [6.45, 7) is 0. The molecule has 1 N–H and O–H groups in total. The van der Waals surface area contributed by atoms with Crippen molar-refractivity contribution in [3.05, 3.63) is 72.3 Å². The molecule has 4 rings (SSSR count). The van der Waals surface area contributed by atoms with Gasteiger partial charge in [-0.25, -0.2) is 14.2 Å². The largest absolute Gasteiger partial charge is 0.304 e. The number of benzene rings is 1. The topological polar surface area (TPSA) is 101 Å². The van der Waals surface area contributed by atoms with Crippen LogP contribution in [-0.4, -0.2) is 30.3 Å². The minimum Gasteiger partial charge on any atom is -0.304 e. The van der Waals surface area contributed by atoms with E-state index in [0.717, 1.165) is 5.69 Å². The van der Waals surface area contributed by atoms with E-state index in [1.54, 1.807) is 24.5 Å². The molecule has 3 heterocycles. The van der Waals surface area contributed by atoms with Gasteiger partial charge in [0.1, 0.15) is 11.6 Å². The number of nitriles is 1. The second kappa shape index (κ2) is 5.90. The predicted molar refractivity (Wildman–Crippen MR) is 89.2 cm³/mol. The van der Waals surface area contributed by atoms with Crippen molar-refractivity contribution in [2.75, 3.05) is 5.32 Å². The summed E-state index contributed by atoms with van der Waals surface area (Å²) in [4.78, 5) is 16.7. The lowest BCUT2D eigenvalue weighted by atomic mass is 10.3. The van der Waals surface area contributed by atoms with E-state index < -0.39 is 5.91 Å². The van der Waals surface area contributed by atoms with Crippen LogP contribution in [0.4, 0.5) is 5.82 Å². The van der Waals surface area contributed by atoms with Crippen molar-refractivity contribution in [1.29, 1.82) is 5.26 Å². The molecule has 8 nitrogen and oxygen atoms in total. The monoisotopic (exact) mass is 329 g/mol. The van der Waals surface area contributed by atoms with Crippen LogP contribution in [0.25, 0.3) is 11.3 Å². The van der Waals surface area contributed by atoms with Gasteiger partial charge in [0.2, 0.25) is 0 Å². The molecular weight excluding hydrogens is 318 g/mol. The van der Waals surface area contributed by atoms with Gasteiger partial charge in [0.05, 0.1) is 11.9 Å². The van der Waals surface area contributed by atoms with Crippen molar-refractivity contribution in [1.82, 2.24) is 24.4 Å². The second-order valence-electron chi connectivity index (χ2n) is 5.17. The fourth-order valence-corrected chi connectivity index (χ4v) is 2.43. The predicted octanol–water partition coefficient (Wildman–Crippen LogP) is 2.04. The van der Waals surface area contributed by atoms with Gasteiger partial charge >= 0.3 is 0 Å². The molecule has 0 fully saturated rings. The third kappa shape index (κ3) is 2.60. The smallest absolute Gasteiger partial charge is 0.277 e. The number of anilines is 1. The molecule has 0 saturated heterocycles. The molecule has 4 aromatic rings. The highest BCUT2D eigenvalue weighted by atomic mass is 16.2. The van der Waals surface area contributed by atoms with Crippen molar-refractivity contribution in [2.24, 2.45) is 0 Å². The van der Waals surface area contributed by atoms with Gasteiger partial charge in [-0.2, -0.15) is 15.5 Å². The van der Waals surface area contributed by atoms with Crippen molar-refractivity contribution >= 4 is 17.4 Å². The maximum atomic E-state index is 12.6. The van der Waals surface area contributed by atoms with Crippen LogP contribution in [-0.2, 0) is 0 Å². The average Bonchev–Trinajstić information content (AvgIpc) is 3.26. The van der Waals surface area contributed by atoms with E-state index in [2.05, 4.69) is 20.5 Å². The molecule has 0 atom stereocenters. The van der Waals surface area contributed by atoms with E-state index in [1.165, 1.54) is 15.4 Å². The summed E-state index contributed by atoms with van der Waals surface area (Å²) in [6.07, 6.45) is 4.73. The molecule has 0 aliphatic carbocycles. The Hall–Kier alpha value is -3.99. The molecule has 3 aromatic heterocycles. The summed E-state index contributed by atoms with van der Waals surface area (Å²) in [6, 6.07) is 14.6. The molecule has 0 unspecified atom stereocenters. The number of nitrogens with one attached hydrogen (secondary N) is 1. The third-order valence-electron chi connectivity index (χ3n) is 3.59. The number of nitrogens with zero attached hydrogens (tertiary/aromatic N) is 6. The number of hydrogen-bond donors (Lipinski definition) is 1. The molecule has 1 amide bonds. The molecule has 0 radical (unpaired) electrons. The Morgan fingerprint density at radius 1 is 1.20 bits per heavy atom. The molecule has 0 aliphatic rings. The van der Waals surface area contributed by atoms with Crippen molar-refractivity contribution in [3.63, 3.8) is 0 Å². The highest BCUT2D eigenvalue weighted by Crippen LogP contribution is 2.20. The van der Waals surface area contributed by atoms with Gasteiger partial charge in [0.15, 0.2) is 17.2 Å². The van der Waals surface area contributed by atoms with E-state index in [1.807, 2.05) is 36.4 Å². The normalized spacial score (nSPS) is 10.5. The highest BCUT2D eigenvalue weighted by Gasteiger charge is 2.18. The number of carbonyl (C=O) groups is 1. The number of hydrogen-bond acceptors (Lipinski definition) is 5. The van der Waals surface area contributed by atoms with Gasteiger partial charge in [-0.3, -0.25) is 4.79 Å². The molecule has 0 spiro atoms. The summed E-state index contributed by atoms with van der Waals surface area (Å²) in [5.74, 6) is -0.150. The number of fused-ring (bicyclic) bond motifs is 1. The van der Waals surface area contributed by atoms with Crippen molar-refractivity contribution < 1.29 is 4.79 Å². The molecule has 0 saturated carbocycles. The van der Waals surface area contributed by atoms with Crippen LogP contribution in [0.5, 0.6) is 0 Å². The lowest BCUT2D eigenvalue weighted by molar-refractivity contribution is 0.102. The number of aromatic nitrogens is 5. The molecule has 1 aromatic carbocycles. The Balaban J connectivity index is 1.71. The Morgan fingerprint density at radius 2 is 2.04 bits per heavy atom. The number of amides is 1. The van der Waals surface area contributed by atoms with Crippen LogP contribution in [0.15, 0.2) is 61.1 Å². The lowest BCUT2D eigenvalue weighted by Crippen LogP contribution is -2.16. The average molecular weight is 329 g/mol. The first-order valence-electron chi connectivity index (χ1n) is 7.41. The van der Waals surface area contributed by atoms with E-state index in [4.69, 9.17) is 0 Å². The van der Waals surface area contributed by atoms with E-state index >= 15 is 0 Å². The molecule has 0 aliphatic heterocycles. The fraction of sp³-hybridized carbons (Fsp3) is 0. The van der Waals surface area contributed by atoms with E-state index in [9.17, 15) is 10.1 Å². The lowest BCUT2D eigenvalue weighted by Gasteiger charge is -2.08. The Labute approximate surface area is 142 Å². The zero-order valence-electron chi connectivity index (χ0n) is 12.9. The van der Waals surface area contributed by atoms with Gasteiger partial charge in [0.25, 0.3) is 5.91 Å². The van der Waals surface area contributed by atoms with Crippen LogP contribution in [0.1, 0.15) is 16.1 Å². The first-order valence-corrected chi connectivity index (χ1v) is 7.41. The van der Waals surface area contributed by atoms with Crippen molar-refractivity contribution in [2.45, 2.75) is 0 Å². The first-order chi connectivity index (χ1) is 12.3. The summed E-state index contributed by atoms with van der Waals surface area (Å²) in [5, 5.41) is 20.4. The Kier molecular flexibility index (Phi) is 3.44. The molecule has 0 bridgehead atoms. The Bertz CT molecular complexity index is 1070. The van der Waals surface area contributed by atoms with Crippen LogP contribution in [0.3, 0.4) is 0 Å². The van der Waals surface area contributed by atoms with Crippen LogP contribution in [0, 0.1) is 11.3 Å². The summed E-state index contributed by atoms with van der Waals surface area (Å²) in [5.41, 5.74) is 1.75. The van der Waals surface area contributed by atoms with Gasteiger partial charge in [0, 0.05) is 18.5 Å². The molecule has 25 heavy (non-hydrogen) atoms. The summed E-state index contributed by atoms with van der Waals surface area (Å²) < 4.78 is 3.01.